The maximum Gasteiger partial charge on any atom is 0.573 e. The molecule has 0 heterocycles. The van der Waals surface area contributed by atoms with E-state index in [4.69, 9.17) is 0 Å². The Balaban J connectivity index is 2.86. The molecule has 1 rings (SSSR count). The van der Waals surface area contributed by atoms with Crippen molar-refractivity contribution < 1.29 is 31.8 Å². The summed E-state index contributed by atoms with van der Waals surface area (Å²) < 4.78 is 56.7. The van der Waals surface area contributed by atoms with Crippen molar-refractivity contribution in [3.63, 3.8) is 0 Å². The van der Waals surface area contributed by atoms with Gasteiger partial charge in [-0.05, 0) is 18.2 Å². The van der Waals surface area contributed by atoms with E-state index in [0.29, 0.717) is 6.07 Å². The van der Waals surface area contributed by atoms with E-state index in [0.717, 1.165) is 31.4 Å². The van der Waals surface area contributed by atoms with Crippen LogP contribution in [0.5, 0.6) is 5.75 Å². The highest BCUT2D eigenvalue weighted by Crippen LogP contribution is 2.24. The molecule has 98 valence electrons. The van der Waals surface area contributed by atoms with Crippen molar-refractivity contribution in [1.82, 2.24) is 0 Å². The number of alkyl halides is 3. The first-order chi connectivity index (χ1) is 8.31. The van der Waals surface area contributed by atoms with Crippen molar-refractivity contribution in [3.05, 3.63) is 35.7 Å². The second kappa shape index (κ2) is 5.52. The molecule has 0 aromatic heterocycles. The van der Waals surface area contributed by atoms with E-state index in [1.165, 1.54) is 0 Å². The SMILES string of the molecule is COC(=O)C=Cc1ccc(OC(F)(F)F)cc1F. The normalized spacial score (nSPS) is 11.6. The van der Waals surface area contributed by atoms with E-state index in [-0.39, 0.29) is 5.56 Å². The van der Waals surface area contributed by atoms with Crippen molar-refractivity contribution in [3.8, 4) is 5.75 Å². The predicted octanol–water partition coefficient (Wildman–Crippen LogP) is 2.91. The fraction of sp³-hybridized carbons (Fsp3) is 0.182. The van der Waals surface area contributed by atoms with Crippen molar-refractivity contribution in [2.45, 2.75) is 6.36 Å². The Morgan fingerprint density at radius 3 is 2.50 bits per heavy atom. The lowest BCUT2D eigenvalue weighted by Gasteiger charge is -2.09. The molecule has 0 saturated carbocycles. The highest BCUT2D eigenvalue weighted by molar-refractivity contribution is 5.86. The zero-order chi connectivity index (χ0) is 13.8. The van der Waals surface area contributed by atoms with Crippen LogP contribution in [-0.2, 0) is 9.53 Å². The summed E-state index contributed by atoms with van der Waals surface area (Å²) in [6.07, 6.45) is -2.85. The van der Waals surface area contributed by atoms with Crippen LogP contribution in [0, 0.1) is 5.82 Å². The summed E-state index contributed by atoms with van der Waals surface area (Å²) in [7, 11) is 1.14. The van der Waals surface area contributed by atoms with E-state index in [9.17, 15) is 22.4 Å². The zero-order valence-corrected chi connectivity index (χ0v) is 9.12. The summed E-state index contributed by atoms with van der Waals surface area (Å²) >= 11 is 0. The number of rotatable bonds is 3. The average molecular weight is 264 g/mol. The molecule has 1 aromatic carbocycles. The van der Waals surface area contributed by atoms with E-state index in [1.807, 2.05) is 0 Å². The number of ether oxygens (including phenoxy) is 2. The lowest BCUT2D eigenvalue weighted by molar-refractivity contribution is -0.274. The zero-order valence-electron chi connectivity index (χ0n) is 9.12. The first-order valence-electron chi connectivity index (χ1n) is 4.63. The number of halogens is 4. The fourth-order valence-electron chi connectivity index (χ4n) is 1.07. The van der Waals surface area contributed by atoms with Crippen LogP contribution in [-0.4, -0.2) is 19.4 Å². The minimum absolute atomic E-state index is 0.0603. The lowest BCUT2D eigenvalue weighted by atomic mass is 10.2. The standard InChI is InChI=1S/C11H8F4O3/c1-17-10(16)5-3-7-2-4-8(6-9(7)12)18-11(13,14)15/h2-6H,1H3. The van der Waals surface area contributed by atoms with Crippen molar-refractivity contribution in [2.75, 3.05) is 7.11 Å². The molecule has 0 bridgehead atoms. The minimum Gasteiger partial charge on any atom is -0.466 e. The molecule has 0 radical (unpaired) electrons. The molecular weight excluding hydrogens is 256 g/mol. The van der Waals surface area contributed by atoms with Gasteiger partial charge in [0.15, 0.2) is 0 Å². The molecular formula is C11H8F4O3. The lowest BCUT2D eigenvalue weighted by Crippen LogP contribution is -2.17. The van der Waals surface area contributed by atoms with E-state index in [2.05, 4.69) is 9.47 Å². The second-order valence-corrected chi connectivity index (χ2v) is 3.09. The highest BCUT2D eigenvalue weighted by atomic mass is 19.4. The van der Waals surface area contributed by atoms with Gasteiger partial charge in [-0.2, -0.15) is 0 Å². The predicted molar refractivity (Wildman–Crippen MR) is 54.1 cm³/mol. The Labute approximate surface area is 99.6 Å². The third-order valence-corrected chi connectivity index (χ3v) is 1.81. The van der Waals surface area contributed by atoms with Crippen LogP contribution in [0.2, 0.25) is 0 Å². The number of hydrogen-bond acceptors (Lipinski definition) is 3. The number of carbonyl (C=O) groups excluding carboxylic acids is 1. The summed E-state index contributed by atoms with van der Waals surface area (Å²) in [5, 5.41) is 0. The maximum atomic E-state index is 13.3. The van der Waals surface area contributed by atoms with Crippen LogP contribution in [0.25, 0.3) is 6.08 Å². The molecule has 3 nitrogen and oxygen atoms in total. The third kappa shape index (κ3) is 4.44. The van der Waals surface area contributed by atoms with Gasteiger partial charge in [-0.1, -0.05) is 0 Å². The third-order valence-electron chi connectivity index (χ3n) is 1.81. The summed E-state index contributed by atoms with van der Waals surface area (Å²) in [6, 6.07) is 2.56. The van der Waals surface area contributed by atoms with Gasteiger partial charge in [0, 0.05) is 17.7 Å². The fourth-order valence-corrected chi connectivity index (χ4v) is 1.07. The van der Waals surface area contributed by atoms with Crippen LogP contribution in [0.15, 0.2) is 24.3 Å². The molecule has 0 amide bonds. The molecule has 0 aliphatic heterocycles. The van der Waals surface area contributed by atoms with Gasteiger partial charge in [-0.15, -0.1) is 13.2 Å². The van der Waals surface area contributed by atoms with Crippen LogP contribution in [0.4, 0.5) is 17.6 Å². The van der Waals surface area contributed by atoms with Gasteiger partial charge in [0.1, 0.15) is 11.6 Å². The molecule has 18 heavy (non-hydrogen) atoms. The Kier molecular flexibility index (Phi) is 4.30. The van der Waals surface area contributed by atoms with Crippen LogP contribution < -0.4 is 4.74 Å². The number of carbonyl (C=O) groups is 1. The van der Waals surface area contributed by atoms with Crippen LogP contribution in [0.3, 0.4) is 0 Å². The first-order valence-corrected chi connectivity index (χ1v) is 4.63. The molecule has 1 aromatic rings. The number of methoxy groups -OCH3 is 1. The highest BCUT2D eigenvalue weighted by Gasteiger charge is 2.31. The van der Waals surface area contributed by atoms with E-state index < -0.39 is 23.9 Å². The molecule has 0 spiro atoms. The van der Waals surface area contributed by atoms with Crippen molar-refractivity contribution in [2.24, 2.45) is 0 Å². The van der Waals surface area contributed by atoms with Gasteiger partial charge in [0.05, 0.1) is 7.11 Å². The summed E-state index contributed by atoms with van der Waals surface area (Å²) in [5.74, 6) is -2.32. The van der Waals surface area contributed by atoms with Gasteiger partial charge in [0.25, 0.3) is 0 Å². The Morgan fingerprint density at radius 1 is 1.33 bits per heavy atom. The van der Waals surface area contributed by atoms with Gasteiger partial charge in [-0.3, -0.25) is 0 Å². The summed E-state index contributed by atoms with van der Waals surface area (Å²) in [5.41, 5.74) is -0.0603. The maximum absolute atomic E-state index is 13.3. The molecule has 0 fully saturated rings. The molecule has 0 aliphatic rings. The van der Waals surface area contributed by atoms with E-state index >= 15 is 0 Å². The molecule has 7 heteroatoms. The second-order valence-electron chi connectivity index (χ2n) is 3.09. The topological polar surface area (TPSA) is 35.5 Å². The first kappa shape index (κ1) is 14.0. The molecule has 0 aliphatic carbocycles. The van der Waals surface area contributed by atoms with Crippen LogP contribution >= 0.6 is 0 Å². The summed E-state index contributed by atoms with van der Waals surface area (Å²) in [6.45, 7) is 0. The van der Waals surface area contributed by atoms with Crippen molar-refractivity contribution in [1.29, 1.82) is 0 Å². The average Bonchev–Trinajstić information content (AvgIpc) is 2.25. The molecule has 0 saturated heterocycles. The van der Waals surface area contributed by atoms with Gasteiger partial charge in [-0.25, -0.2) is 9.18 Å². The molecule has 0 atom stereocenters. The molecule has 0 N–H and O–H groups in total. The van der Waals surface area contributed by atoms with Gasteiger partial charge < -0.3 is 9.47 Å². The number of benzene rings is 1. The smallest absolute Gasteiger partial charge is 0.466 e. The van der Waals surface area contributed by atoms with Gasteiger partial charge in [0.2, 0.25) is 0 Å². The summed E-state index contributed by atoms with van der Waals surface area (Å²) in [4.78, 5) is 10.7. The monoisotopic (exact) mass is 264 g/mol. The van der Waals surface area contributed by atoms with E-state index in [1.54, 1.807) is 0 Å². The quantitative estimate of drug-likeness (QED) is 0.478. The Hall–Kier alpha value is -2.05. The number of esters is 1. The van der Waals surface area contributed by atoms with Crippen molar-refractivity contribution >= 4 is 12.0 Å². The van der Waals surface area contributed by atoms with Gasteiger partial charge >= 0.3 is 12.3 Å². The van der Waals surface area contributed by atoms with Crippen LogP contribution in [0.1, 0.15) is 5.56 Å². The largest absolute Gasteiger partial charge is 0.573 e. The minimum atomic E-state index is -4.88. The number of hydrogen-bond donors (Lipinski definition) is 0. The Bertz CT molecular complexity index is 466. The Morgan fingerprint density at radius 2 is 2.00 bits per heavy atom. The molecule has 0 unspecified atom stereocenters.